The smallest absolute Gasteiger partial charge is 0.308 e. The fraction of sp³-hybridized carbons (Fsp3) is 0.850. The summed E-state index contributed by atoms with van der Waals surface area (Å²) in [6.45, 7) is 15.9. The van der Waals surface area contributed by atoms with Gasteiger partial charge in [0, 0.05) is 19.8 Å². The van der Waals surface area contributed by atoms with E-state index in [0.717, 1.165) is 18.4 Å². The summed E-state index contributed by atoms with van der Waals surface area (Å²) in [5.41, 5.74) is -0.335. The standard InChI is InChI=1S/C20H34O5/c1-9-10-11-15(21)22-20(8)13-14(12-17(2,3)25-20)16-23-18(4,5)19(6,7)24-16/h13,16H,9-12H2,1-8H3. The molecule has 1 saturated heterocycles. The molecule has 1 fully saturated rings. The van der Waals surface area contributed by atoms with Gasteiger partial charge in [-0.25, -0.2) is 0 Å². The van der Waals surface area contributed by atoms with Crippen LogP contribution in [0, 0.1) is 0 Å². The number of hydrogen-bond acceptors (Lipinski definition) is 5. The lowest BCUT2D eigenvalue weighted by atomic mass is 9.90. The Bertz CT molecular complexity index is 530. The molecule has 0 saturated carbocycles. The molecule has 0 radical (unpaired) electrons. The lowest BCUT2D eigenvalue weighted by Gasteiger charge is -2.41. The molecule has 0 aromatic carbocycles. The molecule has 2 rings (SSSR count). The summed E-state index contributed by atoms with van der Waals surface area (Å²) in [5.74, 6) is -1.35. The third-order valence-corrected chi connectivity index (χ3v) is 5.16. The Hall–Kier alpha value is -0.910. The Morgan fingerprint density at radius 3 is 2.20 bits per heavy atom. The molecule has 2 aliphatic heterocycles. The monoisotopic (exact) mass is 354 g/mol. The number of rotatable bonds is 5. The van der Waals surface area contributed by atoms with Gasteiger partial charge in [-0.05, 0) is 59.6 Å². The molecule has 0 aromatic heterocycles. The molecule has 0 amide bonds. The van der Waals surface area contributed by atoms with Gasteiger partial charge >= 0.3 is 5.97 Å². The molecule has 1 atom stereocenters. The van der Waals surface area contributed by atoms with E-state index in [9.17, 15) is 4.79 Å². The van der Waals surface area contributed by atoms with E-state index < -0.39 is 28.9 Å². The summed E-state index contributed by atoms with van der Waals surface area (Å²) in [7, 11) is 0. The van der Waals surface area contributed by atoms with Crippen molar-refractivity contribution in [1.29, 1.82) is 0 Å². The second kappa shape index (κ2) is 6.67. The minimum absolute atomic E-state index is 0.244. The van der Waals surface area contributed by atoms with Gasteiger partial charge in [0.15, 0.2) is 6.29 Å². The zero-order chi connectivity index (χ0) is 19.1. The third kappa shape index (κ3) is 4.63. The predicted molar refractivity (Wildman–Crippen MR) is 96.0 cm³/mol. The van der Waals surface area contributed by atoms with Gasteiger partial charge in [-0.1, -0.05) is 13.3 Å². The average Bonchev–Trinajstić information content (AvgIpc) is 2.62. The quantitative estimate of drug-likeness (QED) is 0.538. The first-order chi connectivity index (χ1) is 11.3. The SMILES string of the molecule is CCCCC(=O)OC1(C)C=C(C2OC(C)(C)C(C)(C)O2)CC(C)(C)O1. The first kappa shape index (κ1) is 20.4. The molecule has 2 heterocycles. The van der Waals surface area contributed by atoms with Crippen LogP contribution < -0.4 is 0 Å². The zero-order valence-corrected chi connectivity index (χ0v) is 17.0. The van der Waals surface area contributed by atoms with E-state index in [2.05, 4.69) is 0 Å². The van der Waals surface area contributed by atoms with Crippen molar-refractivity contribution < 1.29 is 23.7 Å². The van der Waals surface area contributed by atoms with Crippen molar-refractivity contribution in [3.8, 4) is 0 Å². The average molecular weight is 354 g/mol. The first-order valence-electron chi connectivity index (χ1n) is 9.28. The summed E-state index contributed by atoms with van der Waals surface area (Å²) in [6, 6.07) is 0. The Labute approximate surface area is 152 Å². The summed E-state index contributed by atoms with van der Waals surface area (Å²) in [6.07, 6.45) is 4.21. The maximum Gasteiger partial charge on any atom is 0.308 e. The molecule has 0 aliphatic carbocycles. The molecule has 5 heteroatoms. The van der Waals surface area contributed by atoms with Crippen molar-refractivity contribution in [1.82, 2.24) is 0 Å². The fourth-order valence-electron chi connectivity index (χ4n) is 3.29. The highest BCUT2D eigenvalue weighted by molar-refractivity contribution is 5.70. The number of carbonyl (C=O) groups excluding carboxylic acids is 1. The zero-order valence-electron chi connectivity index (χ0n) is 17.0. The van der Waals surface area contributed by atoms with Gasteiger partial charge in [0.05, 0.1) is 16.8 Å². The molecule has 0 aromatic rings. The van der Waals surface area contributed by atoms with Crippen LogP contribution in [0.4, 0.5) is 0 Å². The largest absolute Gasteiger partial charge is 0.429 e. The lowest BCUT2D eigenvalue weighted by molar-refractivity contribution is -0.247. The van der Waals surface area contributed by atoms with Gasteiger partial charge < -0.3 is 18.9 Å². The highest BCUT2D eigenvalue weighted by atomic mass is 16.8. The van der Waals surface area contributed by atoms with Crippen LogP contribution in [0.25, 0.3) is 0 Å². The van der Waals surface area contributed by atoms with E-state index in [1.165, 1.54) is 0 Å². The van der Waals surface area contributed by atoms with E-state index in [0.29, 0.717) is 12.8 Å². The molecule has 144 valence electrons. The highest BCUT2D eigenvalue weighted by Crippen LogP contribution is 2.45. The molecule has 0 spiro atoms. The summed E-state index contributed by atoms with van der Waals surface area (Å²) >= 11 is 0. The van der Waals surface area contributed by atoms with E-state index in [1.54, 1.807) is 6.92 Å². The minimum Gasteiger partial charge on any atom is -0.429 e. The normalized spacial score (nSPS) is 30.8. The molecule has 5 nitrogen and oxygen atoms in total. The number of unbranched alkanes of at least 4 members (excludes halogenated alkanes) is 1. The van der Waals surface area contributed by atoms with Gasteiger partial charge in [0.1, 0.15) is 0 Å². The van der Waals surface area contributed by atoms with Crippen LogP contribution in [0.3, 0.4) is 0 Å². The molecular weight excluding hydrogens is 320 g/mol. The Kier molecular flexibility index (Phi) is 5.45. The predicted octanol–water partition coefficient (Wildman–Crippen LogP) is 4.49. The maximum absolute atomic E-state index is 12.1. The topological polar surface area (TPSA) is 54.0 Å². The van der Waals surface area contributed by atoms with Crippen LogP contribution in [0.1, 0.15) is 81.1 Å². The Balaban J connectivity index is 2.22. The van der Waals surface area contributed by atoms with Crippen LogP contribution in [-0.2, 0) is 23.7 Å². The number of hydrogen-bond donors (Lipinski definition) is 0. The third-order valence-electron chi connectivity index (χ3n) is 5.16. The number of esters is 1. The van der Waals surface area contributed by atoms with Crippen LogP contribution >= 0.6 is 0 Å². The van der Waals surface area contributed by atoms with Crippen molar-refractivity contribution in [2.24, 2.45) is 0 Å². The molecule has 2 aliphatic rings. The van der Waals surface area contributed by atoms with E-state index >= 15 is 0 Å². The van der Waals surface area contributed by atoms with Crippen LogP contribution in [-0.4, -0.2) is 34.8 Å². The van der Waals surface area contributed by atoms with E-state index in [-0.39, 0.29) is 5.97 Å². The van der Waals surface area contributed by atoms with Gasteiger partial charge in [-0.2, -0.15) is 0 Å². The Morgan fingerprint density at radius 1 is 1.12 bits per heavy atom. The minimum atomic E-state index is -1.11. The van der Waals surface area contributed by atoms with Crippen LogP contribution in [0.15, 0.2) is 11.6 Å². The van der Waals surface area contributed by atoms with E-state index in [4.69, 9.17) is 18.9 Å². The van der Waals surface area contributed by atoms with Crippen molar-refractivity contribution in [2.75, 3.05) is 0 Å². The van der Waals surface area contributed by atoms with Crippen molar-refractivity contribution >= 4 is 5.97 Å². The van der Waals surface area contributed by atoms with Crippen LogP contribution in [0.2, 0.25) is 0 Å². The molecule has 25 heavy (non-hydrogen) atoms. The molecule has 0 bridgehead atoms. The van der Waals surface area contributed by atoms with Gasteiger partial charge in [0.2, 0.25) is 5.79 Å². The first-order valence-corrected chi connectivity index (χ1v) is 9.28. The fourth-order valence-corrected chi connectivity index (χ4v) is 3.29. The summed E-state index contributed by atoms with van der Waals surface area (Å²) < 4.78 is 24.1. The van der Waals surface area contributed by atoms with Crippen molar-refractivity contribution in [3.63, 3.8) is 0 Å². The van der Waals surface area contributed by atoms with Crippen molar-refractivity contribution in [2.45, 2.75) is 110 Å². The highest BCUT2D eigenvalue weighted by Gasteiger charge is 2.52. The second-order valence-electron chi connectivity index (χ2n) is 8.94. The second-order valence-corrected chi connectivity index (χ2v) is 8.94. The van der Waals surface area contributed by atoms with E-state index in [1.807, 2.05) is 54.5 Å². The Morgan fingerprint density at radius 2 is 1.68 bits per heavy atom. The number of ether oxygens (including phenoxy) is 4. The molecule has 1 unspecified atom stereocenters. The molecule has 0 N–H and O–H groups in total. The van der Waals surface area contributed by atoms with Gasteiger partial charge in [-0.15, -0.1) is 0 Å². The van der Waals surface area contributed by atoms with Crippen molar-refractivity contribution in [3.05, 3.63) is 11.6 Å². The maximum atomic E-state index is 12.1. The number of carbonyl (C=O) groups is 1. The van der Waals surface area contributed by atoms with Gasteiger partial charge in [-0.3, -0.25) is 4.79 Å². The summed E-state index contributed by atoms with van der Waals surface area (Å²) in [5, 5.41) is 0. The summed E-state index contributed by atoms with van der Waals surface area (Å²) in [4.78, 5) is 12.1. The van der Waals surface area contributed by atoms with Gasteiger partial charge in [0.25, 0.3) is 0 Å². The molecular formula is C20H34O5. The lowest BCUT2D eigenvalue weighted by Crippen LogP contribution is -2.46. The van der Waals surface area contributed by atoms with Crippen LogP contribution in [0.5, 0.6) is 0 Å².